The molecule has 2 rings (SSSR count). The maximum atomic E-state index is 13.4. The number of aliphatic imine (C=N–C) groups is 1. The van der Waals surface area contributed by atoms with Crippen LogP contribution < -0.4 is 5.32 Å². The van der Waals surface area contributed by atoms with Gasteiger partial charge in [0.1, 0.15) is 12.4 Å². The Morgan fingerprint density at radius 3 is 3.13 bits per heavy atom. The maximum absolute atomic E-state index is 13.4. The van der Waals surface area contributed by atoms with E-state index in [2.05, 4.69) is 10.3 Å². The Morgan fingerprint density at radius 2 is 2.40 bits per heavy atom. The zero-order chi connectivity index (χ0) is 10.7. The number of benzene rings is 1. The van der Waals surface area contributed by atoms with Crippen molar-refractivity contribution in [2.24, 2.45) is 4.99 Å². The van der Waals surface area contributed by atoms with Crippen LogP contribution in [0.2, 0.25) is 5.02 Å². The first-order valence-corrected chi connectivity index (χ1v) is 4.99. The monoisotopic (exact) mass is 228 g/mol. The van der Waals surface area contributed by atoms with Crippen molar-refractivity contribution in [3.05, 3.63) is 34.6 Å². The molecule has 1 aromatic carbocycles. The predicted molar refractivity (Wildman–Crippen MR) is 56.5 cm³/mol. The van der Waals surface area contributed by atoms with E-state index in [0.717, 1.165) is 0 Å². The van der Waals surface area contributed by atoms with Crippen molar-refractivity contribution in [2.75, 3.05) is 13.2 Å². The predicted octanol–water partition coefficient (Wildman–Crippen LogP) is 1.95. The van der Waals surface area contributed by atoms with Gasteiger partial charge in [-0.3, -0.25) is 0 Å². The molecule has 0 bridgehead atoms. The number of halogens is 2. The number of ether oxygens (including phenoxy) is 1. The molecule has 1 aromatic rings. The van der Waals surface area contributed by atoms with Crippen molar-refractivity contribution in [1.82, 2.24) is 5.32 Å². The molecule has 0 radical (unpaired) electrons. The summed E-state index contributed by atoms with van der Waals surface area (Å²) in [5.74, 6) is -0.398. The van der Waals surface area contributed by atoms with Crippen molar-refractivity contribution >= 4 is 17.6 Å². The van der Waals surface area contributed by atoms with Crippen molar-refractivity contribution in [1.29, 1.82) is 0 Å². The lowest BCUT2D eigenvalue weighted by Gasteiger charge is -2.07. The molecule has 1 aliphatic rings. The molecule has 0 atom stereocenters. The molecule has 0 amide bonds. The summed E-state index contributed by atoms with van der Waals surface area (Å²) in [6, 6.07) is 5.36. The Kier molecular flexibility index (Phi) is 3.06. The van der Waals surface area contributed by atoms with Crippen LogP contribution in [0.5, 0.6) is 0 Å². The fourth-order valence-electron chi connectivity index (χ4n) is 1.30. The quantitative estimate of drug-likeness (QED) is 0.840. The fourth-order valence-corrected chi connectivity index (χ4v) is 1.49. The molecule has 0 aliphatic carbocycles. The van der Waals surface area contributed by atoms with Gasteiger partial charge >= 0.3 is 0 Å². The van der Waals surface area contributed by atoms with E-state index in [0.29, 0.717) is 31.3 Å². The van der Waals surface area contributed by atoms with Gasteiger partial charge in [0.2, 0.25) is 0 Å². The van der Waals surface area contributed by atoms with E-state index < -0.39 is 5.82 Å². The van der Waals surface area contributed by atoms with Gasteiger partial charge < -0.3 is 10.1 Å². The second-order valence-electron chi connectivity index (χ2n) is 3.10. The third-order valence-corrected chi connectivity index (χ3v) is 2.34. The van der Waals surface area contributed by atoms with E-state index in [1.165, 1.54) is 6.07 Å². The molecule has 0 aromatic heterocycles. The van der Waals surface area contributed by atoms with Crippen LogP contribution in [-0.2, 0) is 11.3 Å². The summed E-state index contributed by atoms with van der Waals surface area (Å²) in [5.41, 5.74) is 0.501. The van der Waals surface area contributed by atoms with E-state index in [9.17, 15) is 4.39 Å². The van der Waals surface area contributed by atoms with Gasteiger partial charge in [0.25, 0.3) is 6.02 Å². The molecule has 3 nitrogen and oxygen atoms in total. The van der Waals surface area contributed by atoms with Gasteiger partial charge in [0.05, 0.1) is 11.6 Å². The molecule has 5 heteroatoms. The largest absolute Gasteiger partial charge is 0.463 e. The Bertz CT molecular complexity index is 395. The van der Waals surface area contributed by atoms with Gasteiger partial charge in [-0.2, -0.15) is 0 Å². The van der Waals surface area contributed by atoms with Gasteiger partial charge in [-0.1, -0.05) is 23.7 Å². The van der Waals surface area contributed by atoms with E-state index >= 15 is 0 Å². The summed E-state index contributed by atoms with van der Waals surface area (Å²) in [6.07, 6.45) is 0. The number of hydrogen-bond donors (Lipinski definition) is 1. The molecule has 1 N–H and O–H groups in total. The average molecular weight is 229 g/mol. The Morgan fingerprint density at radius 1 is 1.53 bits per heavy atom. The molecule has 15 heavy (non-hydrogen) atoms. The second kappa shape index (κ2) is 4.49. The Labute approximate surface area is 91.9 Å². The molecule has 80 valence electrons. The van der Waals surface area contributed by atoms with Crippen molar-refractivity contribution in [3.63, 3.8) is 0 Å². The Balaban J connectivity index is 2.01. The van der Waals surface area contributed by atoms with Gasteiger partial charge in [-0.05, 0) is 6.07 Å². The third-order valence-electron chi connectivity index (χ3n) is 2.05. The summed E-state index contributed by atoms with van der Waals surface area (Å²) >= 11 is 5.64. The number of hydrogen-bond acceptors (Lipinski definition) is 3. The van der Waals surface area contributed by atoms with Crippen LogP contribution in [0, 0.1) is 5.82 Å². The minimum absolute atomic E-state index is 0.128. The van der Waals surface area contributed by atoms with Crippen LogP contribution in [0.25, 0.3) is 0 Å². The Hall–Kier alpha value is -1.29. The minimum Gasteiger partial charge on any atom is -0.463 e. The maximum Gasteiger partial charge on any atom is 0.285 e. The van der Waals surface area contributed by atoms with Crippen LogP contribution in [0.4, 0.5) is 4.39 Å². The highest BCUT2D eigenvalue weighted by atomic mass is 35.5. The topological polar surface area (TPSA) is 33.6 Å². The first kappa shape index (κ1) is 10.2. The molecule has 0 saturated carbocycles. The summed E-state index contributed by atoms with van der Waals surface area (Å²) in [7, 11) is 0. The summed E-state index contributed by atoms with van der Waals surface area (Å²) in [4.78, 5) is 4.03. The molecule has 0 fully saturated rings. The van der Waals surface area contributed by atoms with Crippen molar-refractivity contribution < 1.29 is 9.13 Å². The highest BCUT2D eigenvalue weighted by Gasteiger charge is 2.09. The molecule has 1 aliphatic heterocycles. The molecular weight excluding hydrogens is 219 g/mol. The standard InChI is InChI=1S/C10H10ClFN2O/c11-8-3-1-2-7(9(8)12)6-14-10-13-4-5-15-10/h1-3H,4-6H2,(H,13,14). The highest BCUT2D eigenvalue weighted by Crippen LogP contribution is 2.17. The number of nitrogens with one attached hydrogen (secondary N) is 1. The van der Waals surface area contributed by atoms with Crippen molar-refractivity contribution in [3.8, 4) is 0 Å². The molecule has 0 unspecified atom stereocenters. The molecule has 0 saturated heterocycles. The van der Waals surface area contributed by atoms with E-state index in [4.69, 9.17) is 16.3 Å². The summed E-state index contributed by atoms with van der Waals surface area (Å²) < 4.78 is 18.6. The van der Waals surface area contributed by atoms with Crippen LogP contribution in [0.15, 0.2) is 23.2 Å². The lowest BCUT2D eigenvalue weighted by atomic mass is 10.2. The van der Waals surface area contributed by atoms with E-state index in [1.54, 1.807) is 12.1 Å². The van der Waals surface area contributed by atoms with E-state index in [1.807, 2.05) is 0 Å². The summed E-state index contributed by atoms with van der Waals surface area (Å²) in [6.45, 7) is 1.56. The first-order valence-electron chi connectivity index (χ1n) is 4.61. The van der Waals surface area contributed by atoms with Gasteiger partial charge in [-0.25, -0.2) is 9.38 Å². The average Bonchev–Trinajstić information content (AvgIpc) is 2.73. The lowest BCUT2D eigenvalue weighted by Crippen LogP contribution is -2.23. The van der Waals surface area contributed by atoms with E-state index in [-0.39, 0.29) is 5.02 Å². The smallest absolute Gasteiger partial charge is 0.285 e. The molecule has 0 spiro atoms. The highest BCUT2D eigenvalue weighted by molar-refractivity contribution is 6.30. The lowest BCUT2D eigenvalue weighted by molar-refractivity contribution is 0.331. The minimum atomic E-state index is -0.398. The second-order valence-corrected chi connectivity index (χ2v) is 3.51. The fraction of sp³-hybridized carbons (Fsp3) is 0.300. The van der Waals surface area contributed by atoms with Crippen molar-refractivity contribution in [2.45, 2.75) is 6.54 Å². The first-order chi connectivity index (χ1) is 7.27. The van der Waals surface area contributed by atoms with Gasteiger partial charge in [0, 0.05) is 12.1 Å². The number of amidine groups is 1. The molecule has 1 heterocycles. The third kappa shape index (κ3) is 2.39. The zero-order valence-corrected chi connectivity index (χ0v) is 8.72. The normalized spacial score (nSPS) is 14.7. The SMILES string of the molecule is Fc1c(Cl)cccc1CNC1=NCCO1. The summed E-state index contributed by atoms with van der Waals surface area (Å²) in [5, 5.41) is 3.02. The van der Waals surface area contributed by atoms with Crippen LogP contribution in [0.1, 0.15) is 5.56 Å². The van der Waals surface area contributed by atoms with Gasteiger partial charge in [-0.15, -0.1) is 0 Å². The van der Waals surface area contributed by atoms with Gasteiger partial charge in [0.15, 0.2) is 0 Å². The number of rotatable bonds is 2. The number of nitrogens with zero attached hydrogens (tertiary/aromatic N) is 1. The van der Waals surface area contributed by atoms with Crippen LogP contribution in [0.3, 0.4) is 0 Å². The van der Waals surface area contributed by atoms with Crippen LogP contribution in [-0.4, -0.2) is 19.2 Å². The van der Waals surface area contributed by atoms with Crippen LogP contribution >= 0.6 is 11.6 Å². The zero-order valence-electron chi connectivity index (χ0n) is 7.96. The molecular formula is C10H10ClFN2O.